The number of nitrogens with zero attached hydrogens (tertiary/aromatic N) is 4. The minimum Gasteiger partial charge on any atom is -0.372 e. The van der Waals surface area contributed by atoms with Crippen molar-refractivity contribution in [3.05, 3.63) is 35.9 Å². The van der Waals surface area contributed by atoms with Gasteiger partial charge in [-0.05, 0) is 25.5 Å². The smallest absolute Gasteiger partial charge is 0.204 e. The third kappa shape index (κ3) is 3.60. The quantitative estimate of drug-likeness (QED) is 0.727. The van der Waals surface area contributed by atoms with Crippen LogP contribution in [0.3, 0.4) is 0 Å². The van der Waals surface area contributed by atoms with Crippen LogP contribution in [0.5, 0.6) is 0 Å². The highest BCUT2D eigenvalue weighted by atomic mass is 16.1. The molecular weight excluding hydrogens is 218 g/mol. The summed E-state index contributed by atoms with van der Waals surface area (Å²) < 4.78 is 0. The second-order valence-electron chi connectivity index (χ2n) is 3.23. The Morgan fingerprint density at radius 3 is 2.47 bits per heavy atom. The van der Waals surface area contributed by atoms with Gasteiger partial charge in [-0.15, -0.1) is 0 Å². The second-order valence-corrected chi connectivity index (χ2v) is 3.23. The maximum Gasteiger partial charge on any atom is 0.204 e. The lowest BCUT2D eigenvalue weighted by atomic mass is 10.2. The number of aryl methyl sites for hydroxylation is 2. The topological polar surface area (TPSA) is 94.7 Å². The number of nitrogens with two attached hydrogens (primary N) is 1. The molecule has 0 unspecified atom stereocenters. The third-order valence-corrected chi connectivity index (χ3v) is 2.07. The predicted octanol–water partition coefficient (Wildman–Crippen LogP) is 0.652. The summed E-state index contributed by atoms with van der Waals surface area (Å²) in [6.07, 6.45) is 5.36. The summed E-state index contributed by atoms with van der Waals surface area (Å²) in [5, 5.41) is 7.49. The van der Waals surface area contributed by atoms with Gasteiger partial charge in [0.05, 0.1) is 12.4 Å². The van der Waals surface area contributed by atoms with Gasteiger partial charge in [-0.25, -0.2) is 9.97 Å². The lowest BCUT2D eigenvalue weighted by molar-refractivity contribution is -0.106. The van der Waals surface area contributed by atoms with Gasteiger partial charge in [0.1, 0.15) is 0 Å². The Balaban J connectivity index is 0.000000437. The van der Waals surface area contributed by atoms with Gasteiger partial charge in [0.15, 0.2) is 5.82 Å². The van der Waals surface area contributed by atoms with E-state index in [1.54, 1.807) is 12.4 Å². The van der Waals surface area contributed by atoms with E-state index in [0.29, 0.717) is 5.82 Å². The number of primary amides is 1. The molecule has 0 aliphatic heterocycles. The predicted molar refractivity (Wildman–Crippen MR) is 62.8 cm³/mol. The number of rotatable bonds is 1. The average Bonchev–Trinajstić information content (AvgIpc) is 2.35. The molecule has 2 N–H and O–H groups in total. The molecule has 2 heterocycles. The zero-order valence-electron chi connectivity index (χ0n) is 9.66. The first-order valence-electron chi connectivity index (χ1n) is 4.91. The molecule has 2 aromatic heterocycles. The van der Waals surface area contributed by atoms with Crippen LogP contribution in [0.4, 0.5) is 0 Å². The molecule has 2 aromatic rings. The van der Waals surface area contributed by atoms with Crippen LogP contribution < -0.4 is 5.73 Å². The molecule has 88 valence electrons. The fourth-order valence-corrected chi connectivity index (χ4v) is 1.09. The molecule has 0 aromatic carbocycles. The van der Waals surface area contributed by atoms with Crippen molar-refractivity contribution in [1.29, 1.82) is 0 Å². The van der Waals surface area contributed by atoms with Gasteiger partial charge in [-0.3, -0.25) is 4.79 Å². The van der Waals surface area contributed by atoms with Gasteiger partial charge in [-0.1, -0.05) is 0 Å². The average molecular weight is 231 g/mol. The van der Waals surface area contributed by atoms with Gasteiger partial charge < -0.3 is 5.73 Å². The molecule has 2 rings (SSSR count). The highest BCUT2D eigenvalue weighted by Crippen LogP contribution is 2.13. The number of hydrogen-bond acceptors (Lipinski definition) is 5. The van der Waals surface area contributed by atoms with E-state index in [-0.39, 0.29) is 6.41 Å². The van der Waals surface area contributed by atoms with Gasteiger partial charge in [0.2, 0.25) is 6.41 Å². The second kappa shape index (κ2) is 6.26. The highest BCUT2D eigenvalue weighted by Gasteiger charge is 2.02. The van der Waals surface area contributed by atoms with Crippen LogP contribution in [0.1, 0.15) is 11.3 Å². The Kier molecular flexibility index (Phi) is 4.68. The molecule has 0 radical (unpaired) electrons. The highest BCUT2D eigenvalue weighted by molar-refractivity contribution is 5.52. The Bertz CT molecular complexity index is 486. The van der Waals surface area contributed by atoms with Crippen molar-refractivity contribution in [2.45, 2.75) is 13.8 Å². The standard InChI is InChI=1S/C10H10N4.CH3NO/c1-7-5-11-10(14-8(7)2)9-3-4-12-13-6-9;2-1-3/h3-6H,1-2H3;1H,(H2,2,3). The zero-order chi connectivity index (χ0) is 12.7. The van der Waals surface area contributed by atoms with Gasteiger partial charge in [0.25, 0.3) is 0 Å². The molecular formula is C11H13N5O. The number of amides is 1. The Morgan fingerprint density at radius 1 is 1.24 bits per heavy atom. The van der Waals surface area contributed by atoms with Crippen LogP contribution in [0, 0.1) is 13.8 Å². The maximum atomic E-state index is 8.58. The van der Waals surface area contributed by atoms with Crippen LogP contribution in [-0.4, -0.2) is 26.6 Å². The molecule has 0 bridgehead atoms. The minimum absolute atomic E-state index is 0.250. The first kappa shape index (κ1) is 12.7. The van der Waals surface area contributed by atoms with Crippen LogP contribution in [-0.2, 0) is 4.79 Å². The van der Waals surface area contributed by atoms with E-state index in [1.165, 1.54) is 0 Å². The fraction of sp³-hybridized carbons (Fsp3) is 0.182. The molecule has 0 aliphatic rings. The normalized spacial score (nSPS) is 9.06. The van der Waals surface area contributed by atoms with E-state index in [0.717, 1.165) is 16.8 Å². The largest absolute Gasteiger partial charge is 0.372 e. The Morgan fingerprint density at radius 2 is 1.94 bits per heavy atom. The van der Waals surface area contributed by atoms with Crippen molar-refractivity contribution in [3.8, 4) is 11.4 Å². The lowest BCUT2D eigenvalue weighted by Gasteiger charge is -2.01. The first-order chi connectivity index (χ1) is 8.19. The van der Waals surface area contributed by atoms with E-state index in [9.17, 15) is 0 Å². The van der Waals surface area contributed by atoms with E-state index >= 15 is 0 Å². The summed E-state index contributed by atoms with van der Waals surface area (Å²) in [6, 6.07) is 1.84. The van der Waals surface area contributed by atoms with E-state index in [4.69, 9.17) is 4.79 Å². The van der Waals surface area contributed by atoms with Crippen molar-refractivity contribution in [2.24, 2.45) is 5.73 Å². The van der Waals surface area contributed by atoms with Crippen LogP contribution in [0.25, 0.3) is 11.4 Å². The lowest BCUT2D eigenvalue weighted by Crippen LogP contribution is -1.94. The monoisotopic (exact) mass is 231 g/mol. The summed E-state index contributed by atoms with van der Waals surface area (Å²) in [7, 11) is 0. The fourth-order valence-electron chi connectivity index (χ4n) is 1.09. The van der Waals surface area contributed by atoms with Crippen molar-refractivity contribution in [1.82, 2.24) is 20.2 Å². The van der Waals surface area contributed by atoms with Gasteiger partial charge >= 0.3 is 0 Å². The molecule has 0 atom stereocenters. The maximum absolute atomic E-state index is 8.58. The molecule has 6 nitrogen and oxygen atoms in total. The molecule has 17 heavy (non-hydrogen) atoms. The number of carbonyl (C=O) groups is 1. The van der Waals surface area contributed by atoms with Gasteiger partial charge in [0, 0.05) is 17.5 Å². The van der Waals surface area contributed by atoms with Crippen molar-refractivity contribution in [2.75, 3.05) is 0 Å². The van der Waals surface area contributed by atoms with Crippen molar-refractivity contribution >= 4 is 6.41 Å². The van der Waals surface area contributed by atoms with E-state index in [1.807, 2.05) is 26.1 Å². The molecule has 0 saturated heterocycles. The summed E-state index contributed by atoms with van der Waals surface area (Å²) >= 11 is 0. The Labute approximate surface area is 98.9 Å². The summed E-state index contributed by atoms with van der Waals surface area (Å²) in [5.74, 6) is 0.697. The molecule has 0 spiro atoms. The van der Waals surface area contributed by atoms with Crippen molar-refractivity contribution < 1.29 is 4.79 Å². The summed E-state index contributed by atoms with van der Waals surface area (Å²) in [6.45, 7) is 3.96. The molecule has 0 saturated carbocycles. The molecule has 0 fully saturated rings. The summed E-state index contributed by atoms with van der Waals surface area (Å²) in [5.41, 5.74) is 7.14. The van der Waals surface area contributed by atoms with E-state index < -0.39 is 0 Å². The van der Waals surface area contributed by atoms with Crippen LogP contribution in [0.15, 0.2) is 24.7 Å². The van der Waals surface area contributed by atoms with Crippen LogP contribution in [0.2, 0.25) is 0 Å². The number of hydrogen-bond donors (Lipinski definition) is 1. The first-order valence-corrected chi connectivity index (χ1v) is 4.91. The van der Waals surface area contributed by atoms with E-state index in [2.05, 4.69) is 25.9 Å². The third-order valence-electron chi connectivity index (χ3n) is 2.07. The molecule has 0 aliphatic carbocycles. The van der Waals surface area contributed by atoms with Crippen molar-refractivity contribution in [3.63, 3.8) is 0 Å². The molecule has 1 amide bonds. The zero-order valence-corrected chi connectivity index (χ0v) is 9.66. The summed E-state index contributed by atoms with van der Waals surface area (Å²) in [4.78, 5) is 17.2. The Hall–Kier alpha value is -2.37. The van der Waals surface area contributed by atoms with Crippen LogP contribution >= 0.6 is 0 Å². The van der Waals surface area contributed by atoms with Gasteiger partial charge in [-0.2, -0.15) is 10.2 Å². The molecule has 6 heteroatoms. The number of aromatic nitrogens is 4. The minimum atomic E-state index is 0.250. The number of carbonyl (C=O) groups excluding carboxylic acids is 1. The SMILES string of the molecule is Cc1cnc(-c2ccnnc2)nc1C.NC=O.